The molecule has 2 aromatic carbocycles. The van der Waals surface area contributed by atoms with Gasteiger partial charge in [0.25, 0.3) is 5.91 Å². The van der Waals surface area contributed by atoms with E-state index in [1.54, 1.807) is 31.2 Å². The molecule has 1 atom stereocenters. The highest BCUT2D eigenvalue weighted by atomic mass is 16.7. The number of hydrogen-bond donors (Lipinski definition) is 1. The molecule has 7 heteroatoms. The molecule has 0 radical (unpaired) electrons. The zero-order valence-electron chi connectivity index (χ0n) is 18.2. The molecule has 0 aromatic heterocycles. The van der Waals surface area contributed by atoms with E-state index in [4.69, 9.17) is 9.47 Å². The molecule has 0 unspecified atom stereocenters. The highest BCUT2D eigenvalue weighted by Crippen LogP contribution is 2.34. The first kappa shape index (κ1) is 20.9. The summed E-state index contributed by atoms with van der Waals surface area (Å²) in [6.45, 7) is 7.82. The Balaban J connectivity index is 1.47. The molecule has 4 rings (SSSR count). The lowest BCUT2D eigenvalue weighted by molar-refractivity contribution is -0.130. The fourth-order valence-corrected chi connectivity index (χ4v) is 3.86. The highest BCUT2D eigenvalue weighted by Gasteiger charge is 2.48. The smallest absolute Gasteiger partial charge is 0.325 e. The first-order valence-electron chi connectivity index (χ1n) is 10.2. The second-order valence-corrected chi connectivity index (χ2v) is 9.27. The van der Waals surface area contributed by atoms with Gasteiger partial charge in [-0.05, 0) is 35.6 Å². The van der Waals surface area contributed by atoms with Crippen LogP contribution in [0.1, 0.15) is 49.2 Å². The summed E-state index contributed by atoms with van der Waals surface area (Å²) in [5, 5.41) is 2.75. The van der Waals surface area contributed by atoms with E-state index in [0.29, 0.717) is 17.1 Å². The molecular formula is C24H26N2O5. The van der Waals surface area contributed by atoms with E-state index in [1.165, 1.54) is 0 Å². The normalized spacial score (nSPS) is 20.2. The fraction of sp³-hybridized carbons (Fsp3) is 0.375. The van der Waals surface area contributed by atoms with Gasteiger partial charge in [-0.1, -0.05) is 51.1 Å². The van der Waals surface area contributed by atoms with Crippen molar-refractivity contribution in [2.24, 2.45) is 0 Å². The Labute approximate surface area is 181 Å². The number of ketones is 1. The summed E-state index contributed by atoms with van der Waals surface area (Å²) in [5.41, 5.74) is 1.24. The van der Waals surface area contributed by atoms with Crippen molar-refractivity contribution < 1.29 is 23.9 Å². The standard InChI is InChI=1S/C24H26N2O5/c1-23(2,3)17-8-6-16(7-9-17)18(27)13-26-21(28)24(4,25-22(26)29)12-15-5-10-19-20(11-15)31-14-30-19/h5-11H,12-14H2,1-4H3,(H,25,29)/t24-/m0/s1. The molecule has 1 N–H and O–H groups in total. The molecule has 1 saturated heterocycles. The van der Waals surface area contributed by atoms with Crippen LogP contribution >= 0.6 is 0 Å². The summed E-state index contributed by atoms with van der Waals surface area (Å²) in [4.78, 5) is 39.3. The van der Waals surface area contributed by atoms with Gasteiger partial charge in [0.2, 0.25) is 6.79 Å². The van der Waals surface area contributed by atoms with Gasteiger partial charge in [0, 0.05) is 12.0 Å². The Morgan fingerprint density at radius 3 is 2.42 bits per heavy atom. The Hall–Kier alpha value is -3.35. The number of benzene rings is 2. The van der Waals surface area contributed by atoms with E-state index in [0.717, 1.165) is 16.0 Å². The first-order valence-corrected chi connectivity index (χ1v) is 10.2. The summed E-state index contributed by atoms with van der Waals surface area (Å²) in [6, 6.07) is 12.2. The number of urea groups is 1. The number of nitrogens with zero attached hydrogens (tertiary/aromatic N) is 1. The molecule has 0 spiro atoms. The predicted molar refractivity (Wildman–Crippen MR) is 114 cm³/mol. The van der Waals surface area contributed by atoms with Crippen molar-refractivity contribution in [3.8, 4) is 11.5 Å². The largest absolute Gasteiger partial charge is 0.454 e. The van der Waals surface area contributed by atoms with E-state index >= 15 is 0 Å². The summed E-state index contributed by atoms with van der Waals surface area (Å²) < 4.78 is 10.7. The number of rotatable bonds is 5. The van der Waals surface area contributed by atoms with Crippen LogP contribution in [0.2, 0.25) is 0 Å². The lowest BCUT2D eigenvalue weighted by atomic mass is 9.86. The second-order valence-electron chi connectivity index (χ2n) is 9.27. The number of amides is 3. The summed E-state index contributed by atoms with van der Waals surface area (Å²) in [6.07, 6.45) is 0.277. The summed E-state index contributed by atoms with van der Waals surface area (Å²) >= 11 is 0. The van der Waals surface area contributed by atoms with Crippen molar-refractivity contribution in [1.82, 2.24) is 10.2 Å². The van der Waals surface area contributed by atoms with Gasteiger partial charge >= 0.3 is 6.03 Å². The molecule has 7 nitrogen and oxygen atoms in total. The van der Waals surface area contributed by atoms with Gasteiger partial charge in [-0.2, -0.15) is 0 Å². The molecule has 0 saturated carbocycles. The molecule has 1 fully saturated rings. The Morgan fingerprint density at radius 2 is 1.74 bits per heavy atom. The third kappa shape index (κ3) is 4.00. The Bertz CT molecular complexity index is 1050. The van der Waals surface area contributed by atoms with E-state index < -0.39 is 17.5 Å². The number of carbonyl (C=O) groups excluding carboxylic acids is 3. The van der Waals surface area contributed by atoms with Crippen LogP contribution in [-0.4, -0.2) is 41.5 Å². The van der Waals surface area contributed by atoms with Crippen LogP contribution in [0.3, 0.4) is 0 Å². The van der Waals surface area contributed by atoms with Crippen molar-refractivity contribution in [1.29, 1.82) is 0 Å². The molecular weight excluding hydrogens is 396 g/mol. The van der Waals surface area contributed by atoms with Crippen molar-refractivity contribution in [2.45, 2.75) is 45.1 Å². The van der Waals surface area contributed by atoms with Crippen LogP contribution in [0.25, 0.3) is 0 Å². The van der Waals surface area contributed by atoms with Crippen LogP contribution in [0, 0.1) is 0 Å². The molecule has 31 heavy (non-hydrogen) atoms. The van der Waals surface area contributed by atoms with Crippen LogP contribution < -0.4 is 14.8 Å². The minimum Gasteiger partial charge on any atom is -0.454 e. The highest BCUT2D eigenvalue weighted by molar-refractivity contribution is 6.11. The number of imide groups is 1. The maximum Gasteiger partial charge on any atom is 0.325 e. The van der Waals surface area contributed by atoms with Crippen LogP contribution in [0.5, 0.6) is 11.5 Å². The maximum atomic E-state index is 13.1. The Morgan fingerprint density at radius 1 is 1.06 bits per heavy atom. The molecule has 0 aliphatic carbocycles. The van der Waals surface area contributed by atoms with Crippen LogP contribution in [0.15, 0.2) is 42.5 Å². The van der Waals surface area contributed by atoms with E-state index in [9.17, 15) is 14.4 Å². The molecule has 0 bridgehead atoms. The van der Waals surface area contributed by atoms with Gasteiger partial charge in [-0.15, -0.1) is 0 Å². The summed E-state index contributed by atoms with van der Waals surface area (Å²) in [7, 11) is 0. The molecule has 162 valence electrons. The first-order chi connectivity index (χ1) is 14.6. The SMILES string of the molecule is CC(C)(C)c1ccc(C(=O)CN2C(=O)N[C@@](C)(Cc3ccc4c(c3)OCO4)C2=O)cc1. The van der Waals surface area contributed by atoms with Gasteiger partial charge < -0.3 is 14.8 Å². The van der Waals surface area contributed by atoms with Gasteiger partial charge in [-0.25, -0.2) is 4.79 Å². The molecule has 2 aliphatic rings. The van der Waals surface area contributed by atoms with E-state index in [2.05, 4.69) is 26.1 Å². The number of hydrogen-bond acceptors (Lipinski definition) is 5. The van der Waals surface area contributed by atoms with Crippen LogP contribution in [0.4, 0.5) is 4.79 Å². The number of ether oxygens (including phenoxy) is 2. The van der Waals surface area contributed by atoms with E-state index in [1.807, 2.05) is 18.2 Å². The van der Waals surface area contributed by atoms with Crippen molar-refractivity contribution in [2.75, 3.05) is 13.3 Å². The molecule has 2 aliphatic heterocycles. The summed E-state index contributed by atoms with van der Waals surface area (Å²) in [5.74, 6) is 0.565. The predicted octanol–water partition coefficient (Wildman–Crippen LogP) is 3.45. The average Bonchev–Trinajstić information content (AvgIpc) is 3.25. The topological polar surface area (TPSA) is 84.9 Å². The minimum atomic E-state index is -1.14. The van der Waals surface area contributed by atoms with Gasteiger partial charge in [0.05, 0.1) is 6.54 Å². The average molecular weight is 422 g/mol. The number of carbonyl (C=O) groups is 3. The van der Waals surface area contributed by atoms with Crippen molar-refractivity contribution in [3.63, 3.8) is 0 Å². The van der Waals surface area contributed by atoms with Crippen molar-refractivity contribution in [3.05, 3.63) is 59.2 Å². The van der Waals surface area contributed by atoms with Gasteiger partial charge in [0.1, 0.15) is 5.54 Å². The second kappa shape index (κ2) is 7.41. The zero-order chi connectivity index (χ0) is 22.4. The number of Topliss-reactive ketones (excluding diaryl/α,β-unsaturated/α-hetero) is 1. The number of nitrogens with one attached hydrogen (secondary N) is 1. The maximum absolute atomic E-state index is 13.1. The minimum absolute atomic E-state index is 0.0249. The lowest BCUT2D eigenvalue weighted by Crippen LogP contribution is -2.46. The van der Waals surface area contributed by atoms with Gasteiger partial charge in [0.15, 0.2) is 17.3 Å². The monoisotopic (exact) mass is 422 g/mol. The lowest BCUT2D eigenvalue weighted by Gasteiger charge is -2.22. The molecule has 2 aromatic rings. The number of fused-ring (bicyclic) bond motifs is 1. The van der Waals surface area contributed by atoms with Crippen molar-refractivity contribution >= 4 is 17.7 Å². The fourth-order valence-electron chi connectivity index (χ4n) is 3.86. The van der Waals surface area contributed by atoms with E-state index in [-0.39, 0.29) is 31.0 Å². The van der Waals surface area contributed by atoms with Crippen LogP contribution in [-0.2, 0) is 16.6 Å². The quantitative estimate of drug-likeness (QED) is 0.589. The zero-order valence-corrected chi connectivity index (χ0v) is 18.2. The Kier molecular flexibility index (Phi) is 5.00. The third-order valence-electron chi connectivity index (χ3n) is 5.71. The molecule has 3 amide bonds. The van der Waals surface area contributed by atoms with Gasteiger partial charge in [-0.3, -0.25) is 14.5 Å². The molecule has 2 heterocycles. The third-order valence-corrected chi connectivity index (χ3v) is 5.71.